The Bertz CT molecular complexity index is 1610. The Morgan fingerprint density at radius 3 is 2.23 bits per heavy atom. The van der Waals surface area contributed by atoms with Gasteiger partial charge >= 0.3 is 6.16 Å². The summed E-state index contributed by atoms with van der Waals surface area (Å²) in [6.07, 6.45) is -1.12. The molecule has 0 radical (unpaired) electrons. The fourth-order valence-corrected chi connectivity index (χ4v) is 5.54. The van der Waals surface area contributed by atoms with E-state index in [1.54, 1.807) is 39.0 Å². The first-order valence-corrected chi connectivity index (χ1v) is 14.5. The molecule has 1 aliphatic rings. The number of rotatable bonds is 7. The van der Waals surface area contributed by atoms with Gasteiger partial charge in [-0.15, -0.1) is 23.2 Å². The zero-order valence-electron chi connectivity index (χ0n) is 22.7. The second-order valence-electron chi connectivity index (χ2n) is 10.6. The average Bonchev–Trinajstić information content (AvgIpc) is 3.49. The SMILES string of the molecule is CC(C)(C)OC(=O)OCc1c(F)ccc(NC(=O)c2cc(NC(=O)[C@H]3[C@H](c4ccc(Cl)c(Cl)c4)C3(Cl)Cl)ccc2Cl)c1F. The molecule has 0 aromatic heterocycles. The van der Waals surface area contributed by atoms with E-state index >= 15 is 4.39 Å². The van der Waals surface area contributed by atoms with Crippen LogP contribution in [0.1, 0.15) is 48.2 Å². The number of nitrogens with one attached hydrogen (secondary N) is 2. The number of benzene rings is 3. The van der Waals surface area contributed by atoms with Gasteiger partial charge in [-0.25, -0.2) is 13.6 Å². The Kier molecular flexibility index (Phi) is 9.74. The number of hydrogen-bond donors (Lipinski definition) is 2. The van der Waals surface area contributed by atoms with Crippen LogP contribution in [-0.2, 0) is 20.9 Å². The summed E-state index contributed by atoms with van der Waals surface area (Å²) in [5.41, 5.74) is -1.23. The van der Waals surface area contributed by atoms with E-state index < -0.39 is 69.2 Å². The second-order valence-corrected chi connectivity index (χ2v) is 13.2. The predicted molar refractivity (Wildman–Crippen MR) is 163 cm³/mol. The van der Waals surface area contributed by atoms with Crippen molar-refractivity contribution in [1.29, 1.82) is 0 Å². The van der Waals surface area contributed by atoms with Crippen LogP contribution in [0.4, 0.5) is 25.0 Å². The van der Waals surface area contributed by atoms with Crippen LogP contribution < -0.4 is 10.6 Å². The monoisotopic (exact) mass is 692 g/mol. The van der Waals surface area contributed by atoms with Crippen molar-refractivity contribution in [2.75, 3.05) is 10.6 Å². The van der Waals surface area contributed by atoms with Crippen LogP contribution in [0, 0.1) is 17.6 Å². The van der Waals surface area contributed by atoms with Crippen LogP contribution >= 0.6 is 58.0 Å². The Morgan fingerprint density at radius 1 is 0.907 bits per heavy atom. The Hall–Kier alpha value is -2.82. The van der Waals surface area contributed by atoms with E-state index in [0.29, 0.717) is 10.6 Å². The summed E-state index contributed by atoms with van der Waals surface area (Å²) in [4.78, 5) is 37.9. The maximum atomic E-state index is 15.1. The molecule has 3 aromatic carbocycles. The number of carbonyl (C=O) groups is 3. The quantitative estimate of drug-likeness (QED) is 0.190. The van der Waals surface area contributed by atoms with Crippen LogP contribution in [0.15, 0.2) is 48.5 Å². The Morgan fingerprint density at radius 2 is 1.58 bits per heavy atom. The molecule has 2 atom stereocenters. The van der Waals surface area contributed by atoms with Crippen molar-refractivity contribution in [1.82, 2.24) is 0 Å². The van der Waals surface area contributed by atoms with Crippen molar-refractivity contribution in [3.05, 3.63) is 91.9 Å². The fraction of sp³-hybridized carbons (Fsp3) is 0.276. The number of amides is 2. The number of ether oxygens (including phenoxy) is 2. The molecule has 0 heterocycles. The van der Waals surface area contributed by atoms with E-state index in [1.165, 1.54) is 18.2 Å². The van der Waals surface area contributed by atoms with E-state index in [4.69, 9.17) is 67.5 Å². The van der Waals surface area contributed by atoms with E-state index in [0.717, 1.165) is 12.1 Å². The van der Waals surface area contributed by atoms with Crippen LogP contribution in [0.2, 0.25) is 15.1 Å². The fourth-order valence-electron chi connectivity index (χ4n) is 4.20. The first-order chi connectivity index (χ1) is 20.0. The maximum Gasteiger partial charge on any atom is 0.509 e. The first kappa shape index (κ1) is 33.1. The highest BCUT2D eigenvalue weighted by atomic mass is 35.5. The van der Waals surface area contributed by atoms with Gasteiger partial charge in [0.1, 0.15) is 22.4 Å². The lowest BCUT2D eigenvalue weighted by Gasteiger charge is -2.19. The molecule has 1 fully saturated rings. The lowest BCUT2D eigenvalue weighted by molar-refractivity contribution is -0.117. The molecular formula is C29H23Cl5F2N2O5. The van der Waals surface area contributed by atoms with Gasteiger partial charge in [0.2, 0.25) is 5.91 Å². The molecule has 1 aliphatic carbocycles. The molecule has 3 aromatic rings. The van der Waals surface area contributed by atoms with Crippen molar-refractivity contribution >= 4 is 87.3 Å². The molecule has 7 nitrogen and oxygen atoms in total. The minimum atomic E-state index is -1.42. The molecule has 0 bridgehead atoms. The summed E-state index contributed by atoms with van der Waals surface area (Å²) in [6.45, 7) is 4.01. The molecule has 0 unspecified atom stereocenters. The molecule has 0 aliphatic heterocycles. The third-order valence-corrected chi connectivity index (χ3v) is 8.28. The number of halogens is 7. The van der Waals surface area contributed by atoms with E-state index in [-0.39, 0.29) is 21.3 Å². The largest absolute Gasteiger partial charge is 0.509 e. The van der Waals surface area contributed by atoms with Gasteiger partial charge in [0, 0.05) is 11.6 Å². The third-order valence-electron chi connectivity index (χ3n) is 6.28. The molecule has 2 N–H and O–H groups in total. The smallest absolute Gasteiger partial charge is 0.429 e. The number of hydrogen-bond acceptors (Lipinski definition) is 5. The lowest BCUT2D eigenvalue weighted by Crippen LogP contribution is -2.24. The van der Waals surface area contributed by atoms with Gasteiger partial charge in [-0.05, 0) is 68.8 Å². The normalized spacial score (nSPS) is 17.2. The van der Waals surface area contributed by atoms with Crippen molar-refractivity contribution < 1.29 is 32.6 Å². The minimum Gasteiger partial charge on any atom is -0.429 e. The van der Waals surface area contributed by atoms with Crippen LogP contribution in [-0.4, -0.2) is 27.9 Å². The molecule has 1 saturated carbocycles. The summed E-state index contributed by atoms with van der Waals surface area (Å²) >= 11 is 31.1. The molecule has 228 valence electrons. The van der Waals surface area contributed by atoms with Crippen molar-refractivity contribution in [2.45, 2.75) is 43.2 Å². The summed E-state index contributed by atoms with van der Waals surface area (Å²) in [6, 6.07) is 10.8. The Balaban J connectivity index is 1.47. The predicted octanol–water partition coefficient (Wildman–Crippen LogP) is 9.15. The highest BCUT2D eigenvalue weighted by Crippen LogP contribution is 2.65. The van der Waals surface area contributed by atoms with Crippen molar-refractivity contribution in [3.8, 4) is 0 Å². The topological polar surface area (TPSA) is 93.7 Å². The summed E-state index contributed by atoms with van der Waals surface area (Å²) in [5.74, 6) is -4.99. The highest BCUT2D eigenvalue weighted by Gasteiger charge is 2.67. The van der Waals surface area contributed by atoms with Gasteiger partial charge in [-0.3, -0.25) is 9.59 Å². The van der Waals surface area contributed by atoms with Gasteiger partial charge in [-0.2, -0.15) is 0 Å². The van der Waals surface area contributed by atoms with Gasteiger partial charge < -0.3 is 20.1 Å². The second kappa shape index (κ2) is 12.7. The van der Waals surface area contributed by atoms with Crippen molar-refractivity contribution in [3.63, 3.8) is 0 Å². The van der Waals surface area contributed by atoms with E-state index in [2.05, 4.69) is 10.6 Å². The third kappa shape index (κ3) is 7.64. The highest BCUT2D eigenvalue weighted by molar-refractivity contribution is 6.53. The first-order valence-electron chi connectivity index (χ1n) is 12.6. The number of carbonyl (C=O) groups excluding carboxylic acids is 3. The molecule has 14 heteroatoms. The van der Waals surface area contributed by atoms with Gasteiger partial charge in [0.15, 0.2) is 5.82 Å². The van der Waals surface area contributed by atoms with Gasteiger partial charge in [0.05, 0.1) is 37.8 Å². The standard InChI is InChI=1S/C29H23Cl5F2N2O5/c1-28(2,3)43-27(41)42-12-16-20(35)8-9-21(24(16)36)38-25(39)15-11-14(5-7-17(15)30)37-26(40)23-22(29(23,33)34)13-4-6-18(31)19(32)10-13/h4-11,22-23H,12H2,1-3H3,(H,37,40)(H,38,39)/t22-,23+/m0/s1. The van der Waals surface area contributed by atoms with Gasteiger partial charge in [-0.1, -0.05) is 40.9 Å². The van der Waals surface area contributed by atoms with Crippen LogP contribution in [0.5, 0.6) is 0 Å². The Labute approximate surface area is 270 Å². The van der Waals surface area contributed by atoms with Gasteiger partial charge in [0.25, 0.3) is 5.91 Å². The molecule has 0 saturated heterocycles. The maximum absolute atomic E-state index is 15.1. The molecule has 4 rings (SSSR count). The molecule has 43 heavy (non-hydrogen) atoms. The number of anilines is 2. The zero-order valence-corrected chi connectivity index (χ0v) is 26.4. The van der Waals surface area contributed by atoms with E-state index in [9.17, 15) is 18.8 Å². The van der Waals surface area contributed by atoms with Crippen LogP contribution in [0.3, 0.4) is 0 Å². The molecule has 0 spiro atoms. The lowest BCUT2D eigenvalue weighted by atomic mass is 10.1. The molecule has 2 amide bonds. The summed E-state index contributed by atoms with van der Waals surface area (Å²) in [7, 11) is 0. The zero-order chi connectivity index (χ0) is 31.9. The average molecular weight is 695 g/mol. The van der Waals surface area contributed by atoms with Crippen LogP contribution in [0.25, 0.3) is 0 Å². The minimum absolute atomic E-state index is 0.0179. The van der Waals surface area contributed by atoms with Crippen molar-refractivity contribution in [2.24, 2.45) is 5.92 Å². The summed E-state index contributed by atoms with van der Waals surface area (Å²) < 4.78 is 37.8. The summed E-state index contributed by atoms with van der Waals surface area (Å²) in [5, 5.41) is 5.56. The number of alkyl halides is 2. The van der Waals surface area contributed by atoms with E-state index in [1.807, 2.05) is 0 Å². The molecular weight excluding hydrogens is 672 g/mol.